The van der Waals surface area contributed by atoms with Crippen molar-refractivity contribution in [2.24, 2.45) is 0 Å². The van der Waals surface area contributed by atoms with Gasteiger partial charge in [0.15, 0.2) is 0 Å². The largest absolute Gasteiger partial charge is 0.307 e. The van der Waals surface area contributed by atoms with E-state index < -0.39 is 5.82 Å². The van der Waals surface area contributed by atoms with E-state index in [9.17, 15) is 9.18 Å². The van der Waals surface area contributed by atoms with E-state index in [1.807, 2.05) is 47.1 Å². The van der Waals surface area contributed by atoms with Crippen molar-refractivity contribution >= 4 is 16.4 Å². The van der Waals surface area contributed by atoms with Gasteiger partial charge in [-0.05, 0) is 23.8 Å². The molecule has 0 bridgehead atoms. The van der Waals surface area contributed by atoms with Crippen molar-refractivity contribution in [3.05, 3.63) is 95.3 Å². The molecule has 0 atom stereocenters. The van der Waals surface area contributed by atoms with Crippen LogP contribution in [0.15, 0.2) is 78.2 Å². The van der Waals surface area contributed by atoms with Crippen molar-refractivity contribution in [3.63, 3.8) is 0 Å². The van der Waals surface area contributed by atoms with Crippen LogP contribution in [0.2, 0.25) is 0 Å². The molecule has 29 heavy (non-hydrogen) atoms. The Morgan fingerprint density at radius 3 is 2.83 bits per heavy atom. The molecule has 0 aliphatic rings. The molecular formula is C22H16FN5O. The van der Waals surface area contributed by atoms with Gasteiger partial charge in [-0.15, -0.1) is 0 Å². The maximum Gasteiger partial charge on any atom is 0.275 e. The highest BCUT2D eigenvalue weighted by atomic mass is 19.1. The minimum absolute atomic E-state index is 0.217. The fourth-order valence-electron chi connectivity index (χ4n) is 3.52. The Balaban J connectivity index is 1.54. The molecule has 6 nitrogen and oxygen atoms in total. The Bertz CT molecular complexity index is 1370. The lowest BCUT2D eigenvalue weighted by molar-refractivity contribution is 0.580. The number of rotatable bonds is 4. The van der Waals surface area contributed by atoms with E-state index >= 15 is 0 Å². The summed E-state index contributed by atoms with van der Waals surface area (Å²) in [5.41, 5.74) is 2.73. The van der Waals surface area contributed by atoms with Crippen LogP contribution in [0.4, 0.5) is 4.39 Å². The number of halogens is 1. The molecule has 0 spiro atoms. The zero-order valence-electron chi connectivity index (χ0n) is 15.4. The molecular weight excluding hydrogens is 369 g/mol. The third-order valence-electron chi connectivity index (χ3n) is 4.89. The number of hydrogen-bond acceptors (Lipinski definition) is 4. The Morgan fingerprint density at radius 1 is 1.03 bits per heavy atom. The molecule has 0 saturated carbocycles. The van der Waals surface area contributed by atoms with Gasteiger partial charge in [0, 0.05) is 36.0 Å². The summed E-state index contributed by atoms with van der Waals surface area (Å²) in [7, 11) is 0. The second kappa shape index (κ2) is 6.94. The van der Waals surface area contributed by atoms with Crippen molar-refractivity contribution in [1.82, 2.24) is 24.1 Å². The smallest absolute Gasteiger partial charge is 0.275 e. The maximum atomic E-state index is 13.7. The van der Waals surface area contributed by atoms with Gasteiger partial charge in [-0.25, -0.2) is 14.1 Å². The van der Waals surface area contributed by atoms with Gasteiger partial charge in [-0.1, -0.05) is 24.3 Å². The number of fused-ring (bicyclic) bond motifs is 2. The molecule has 0 N–H and O–H groups in total. The molecule has 7 heteroatoms. The lowest BCUT2D eigenvalue weighted by atomic mass is 10.0. The number of benzene rings is 1. The van der Waals surface area contributed by atoms with Gasteiger partial charge in [-0.2, -0.15) is 5.10 Å². The number of pyridine rings is 2. The van der Waals surface area contributed by atoms with Crippen molar-refractivity contribution < 1.29 is 4.39 Å². The first-order valence-corrected chi connectivity index (χ1v) is 9.21. The van der Waals surface area contributed by atoms with Crippen LogP contribution in [0, 0.1) is 5.82 Å². The van der Waals surface area contributed by atoms with E-state index in [-0.39, 0.29) is 5.56 Å². The number of aromatic nitrogens is 5. The van der Waals surface area contributed by atoms with Crippen LogP contribution >= 0.6 is 0 Å². The molecule has 4 heterocycles. The standard InChI is InChI=1S/C22H16FN5O/c23-17-10-16(11-24-13-17)19-5-3-4-15-12-25-28(22(29)21(15)19)9-7-18-14-27-8-2-1-6-20(27)26-18/h1-6,8,10-14H,7,9H2. The highest BCUT2D eigenvalue weighted by Crippen LogP contribution is 2.25. The summed E-state index contributed by atoms with van der Waals surface area (Å²) >= 11 is 0. The van der Waals surface area contributed by atoms with E-state index in [4.69, 9.17) is 0 Å². The van der Waals surface area contributed by atoms with E-state index in [1.165, 1.54) is 10.7 Å². The molecule has 0 aliphatic carbocycles. The summed E-state index contributed by atoms with van der Waals surface area (Å²) in [5.74, 6) is -0.444. The molecule has 0 unspecified atom stereocenters. The molecule has 0 aliphatic heterocycles. The normalized spacial score (nSPS) is 11.3. The van der Waals surface area contributed by atoms with Gasteiger partial charge in [0.1, 0.15) is 11.5 Å². The van der Waals surface area contributed by atoms with Gasteiger partial charge in [0.05, 0.1) is 30.0 Å². The first-order chi connectivity index (χ1) is 14.2. The Kier molecular flexibility index (Phi) is 4.13. The average molecular weight is 385 g/mol. The monoisotopic (exact) mass is 385 g/mol. The summed E-state index contributed by atoms with van der Waals surface area (Å²) in [6.45, 7) is 0.397. The number of imidazole rings is 1. The van der Waals surface area contributed by atoms with E-state index in [2.05, 4.69) is 15.1 Å². The van der Waals surface area contributed by atoms with Gasteiger partial charge in [-0.3, -0.25) is 9.78 Å². The van der Waals surface area contributed by atoms with Crippen LogP contribution in [0.25, 0.3) is 27.5 Å². The molecule has 0 fully saturated rings. The average Bonchev–Trinajstić information content (AvgIpc) is 3.16. The molecule has 4 aromatic heterocycles. The van der Waals surface area contributed by atoms with Crippen LogP contribution < -0.4 is 5.56 Å². The molecule has 5 aromatic rings. The zero-order valence-corrected chi connectivity index (χ0v) is 15.4. The highest BCUT2D eigenvalue weighted by Gasteiger charge is 2.12. The minimum atomic E-state index is -0.444. The lowest BCUT2D eigenvalue weighted by Crippen LogP contribution is -2.24. The van der Waals surface area contributed by atoms with Gasteiger partial charge in [0.2, 0.25) is 0 Å². The van der Waals surface area contributed by atoms with Crippen LogP contribution in [0.3, 0.4) is 0 Å². The summed E-state index contributed by atoms with van der Waals surface area (Å²) in [5, 5.41) is 5.52. The maximum absolute atomic E-state index is 13.7. The van der Waals surface area contributed by atoms with E-state index in [1.54, 1.807) is 18.5 Å². The Hall–Kier alpha value is -3.87. The summed E-state index contributed by atoms with van der Waals surface area (Å²) in [6.07, 6.45) is 8.82. The lowest BCUT2D eigenvalue weighted by Gasteiger charge is -2.09. The first kappa shape index (κ1) is 17.2. The molecule has 0 radical (unpaired) electrons. The van der Waals surface area contributed by atoms with Crippen molar-refractivity contribution in [2.75, 3.05) is 0 Å². The molecule has 142 valence electrons. The summed E-state index contributed by atoms with van der Waals surface area (Å²) < 4.78 is 17.0. The quantitative estimate of drug-likeness (QED) is 0.475. The van der Waals surface area contributed by atoms with Gasteiger partial charge < -0.3 is 4.40 Å². The van der Waals surface area contributed by atoms with Crippen LogP contribution in [-0.4, -0.2) is 24.1 Å². The van der Waals surface area contributed by atoms with E-state index in [0.717, 1.165) is 17.5 Å². The Morgan fingerprint density at radius 2 is 1.97 bits per heavy atom. The van der Waals surface area contributed by atoms with Crippen molar-refractivity contribution in [2.45, 2.75) is 13.0 Å². The fourth-order valence-corrected chi connectivity index (χ4v) is 3.52. The van der Waals surface area contributed by atoms with Crippen molar-refractivity contribution in [3.8, 4) is 11.1 Å². The molecule has 0 amide bonds. The van der Waals surface area contributed by atoms with Gasteiger partial charge >= 0.3 is 0 Å². The first-order valence-electron chi connectivity index (χ1n) is 9.21. The SMILES string of the molecule is O=c1c2c(-c3cncc(F)c3)cccc2cnn1CCc1cn2ccccc2n1. The van der Waals surface area contributed by atoms with Gasteiger partial charge in [0.25, 0.3) is 5.56 Å². The fraction of sp³-hybridized carbons (Fsp3) is 0.0909. The highest BCUT2D eigenvalue weighted by molar-refractivity contribution is 5.95. The predicted octanol–water partition coefficient (Wildman–Crippen LogP) is 3.49. The van der Waals surface area contributed by atoms with Crippen LogP contribution in [0.5, 0.6) is 0 Å². The number of aryl methyl sites for hydroxylation is 2. The number of nitrogens with zero attached hydrogens (tertiary/aromatic N) is 5. The molecule has 5 rings (SSSR count). The second-order valence-electron chi connectivity index (χ2n) is 6.78. The number of hydrogen-bond donors (Lipinski definition) is 0. The van der Waals surface area contributed by atoms with Crippen molar-refractivity contribution in [1.29, 1.82) is 0 Å². The topological polar surface area (TPSA) is 65.1 Å². The molecule has 1 aromatic carbocycles. The van der Waals surface area contributed by atoms with E-state index in [0.29, 0.717) is 34.9 Å². The van der Waals surface area contributed by atoms with Crippen LogP contribution in [-0.2, 0) is 13.0 Å². The van der Waals surface area contributed by atoms with Crippen LogP contribution in [0.1, 0.15) is 5.69 Å². The zero-order chi connectivity index (χ0) is 19.8. The third-order valence-corrected chi connectivity index (χ3v) is 4.89. The summed E-state index contributed by atoms with van der Waals surface area (Å²) in [4.78, 5) is 21.6. The minimum Gasteiger partial charge on any atom is -0.307 e. The predicted molar refractivity (Wildman–Crippen MR) is 108 cm³/mol. The second-order valence-corrected chi connectivity index (χ2v) is 6.78. The molecule has 0 saturated heterocycles. The summed E-state index contributed by atoms with van der Waals surface area (Å²) in [6, 6.07) is 12.6. The Labute approximate surface area is 164 Å². The third kappa shape index (κ3) is 3.16.